The lowest BCUT2D eigenvalue weighted by Gasteiger charge is -2.23. The summed E-state index contributed by atoms with van der Waals surface area (Å²) in [5.41, 5.74) is 2.20. The van der Waals surface area contributed by atoms with Gasteiger partial charge in [-0.15, -0.1) is 24.8 Å². The number of rotatable bonds is 3. The number of hydrogen-bond donors (Lipinski definition) is 1. The molecule has 3 heterocycles. The first-order valence-electron chi connectivity index (χ1n) is 7.97. The average Bonchev–Trinajstić information content (AvgIpc) is 3.03. The van der Waals surface area contributed by atoms with Crippen molar-refractivity contribution in [1.82, 2.24) is 19.9 Å². The maximum absolute atomic E-state index is 4.59. The minimum absolute atomic E-state index is 0. The number of halogens is 2. The van der Waals surface area contributed by atoms with Gasteiger partial charge < -0.3 is 9.88 Å². The quantitative estimate of drug-likeness (QED) is 0.765. The van der Waals surface area contributed by atoms with Gasteiger partial charge >= 0.3 is 0 Å². The molecule has 0 atom stereocenters. The van der Waals surface area contributed by atoms with E-state index in [1.807, 2.05) is 18.5 Å². The van der Waals surface area contributed by atoms with E-state index in [-0.39, 0.29) is 24.8 Å². The van der Waals surface area contributed by atoms with Gasteiger partial charge in [0, 0.05) is 36.1 Å². The fourth-order valence-corrected chi connectivity index (χ4v) is 3.27. The van der Waals surface area contributed by atoms with E-state index in [0.717, 1.165) is 42.3 Å². The van der Waals surface area contributed by atoms with Crippen molar-refractivity contribution >= 4 is 35.7 Å². The summed E-state index contributed by atoms with van der Waals surface area (Å²) in [7, 11) is 0. The highest BCUT2D eigenvalue weighted by Crippen LogP contribution is 2.24. The Bertz CT molecular complexity index is 781. The Labute approximate surface area is 154 Å². The summed E-state index contributed by atoms with van der Waals surface area (Å²) in [4.78, 5) is 8.97. The van der Waals surface area contributed by atoms with Gasteiger partial charge in [0.15, 0.2) is 0 Å². The van der Waals surface area contributed by atoms with Crippen molar-refractivity contribution in [2.24, 2.45) is 5.92 Å². The van der Waals surface area contributed by atoms with Crippen LogP contribution in [0.5, 0.6) is 0 Å². The van der Waals surface area contributed by atoms with Crippen LogP contribution in [0, 0.1) is 5.92 Å². The van der Waals surface area contributed by atoms with Crippen molar-refractivity contribution in [1.29, 1.82) is 0 Å². The van der Waals surface area contributed by atoms with E-state index in [1.165, 1.54) is 18.4 Å². The summed E-state index contributed by atoms with van der Waals surface area (Å²) in [6.45, 7) is 3.33. The zero-order valence-corrected chi connectivity index (χ0v) is 15.0. The molecule has 0 unspecified atom stereocenters. The average molecular weight is 365 g/mol. The van der Waals surface area contributed by atoms with Gasteiger partial charge in [-0.05, 0) is 56.1 Å². The lowest BCUT2D eigenvalue weighted by molar-refractivity contribution is 0.334. The number of nitrogens with one attached hydrogen (secondary N) is 1. The molecule has 1 aliphatic rings. The first-order chi connectivity index (χ1) is 10.9. The van der Waals surface area contributed by atoms with E-state index >= 15 is 0 Å². The molecule has 1 saturated heterocycles. The van der Waals surface area contributed by atoms with Gasteiger partial charge in [0.05, 0.1) is 5.52 Å². The second-order valence-electron chi connectivity index (χ2n) is 6.01. The summed E-state index contributed by atoms with van der Waals surface area (Å²) < 4.78 is 2.30. The number of piperidine rings is 1. The van der Waals surface area contributed by atoms with Crippen LogP contribution in [0.3, 0.4) is 0 Å². The van der Waals surface area contributed by atoms with Gasteiger partial charge in [0.2, 0.25) is 0 Å². The molecule has 1 aliphatic heterocycles. The lowest BCUT2D eigenvalue weighted by Crippen LogP contribution is -2.29. The molecular weight excluding hydrogens is 343 g/mol. The Hall–Kier alpha value is -1.62. The molecule has 0 bridgehead atoms. The van der Waals surface area contributed by atoms with Crippen LogP contribution in [-0.4, -0.2) is 27.6 Å². The summed E-state index contributed by atoms with van der Waals surface area (Å²) in [5.74, 6) is 1.81. The van der Waals surface area contributed by atoms with E-state index in [1.54, 1.807) is 0 Å². The van der Waals surface area contributed by atoms with Gasteiger partial charge in [0.1, 0.15) is 5.82 Å². The van der Waals surface area contributed by atoms with Crippen LogP contribution in [0.4, 0.5) is 0 Å². The Morgan fingerprint density at radius 3 is 2.71 bits per heavy atom. The van der Waals surface area contributed by atoms with Crippen LogP contribution in [0.2, 0.25) is 0 Å². The van der Waals surface area contributed by atoms with Crippen molar-refractivity contribution < 1.29 is 0 Å². The Morgan fingerprint density at radius 2 is 1.88 bits per heavy atom. The van der Waals surface area contributed by atoms with Crippen LogP contribution in [0.25, 0.3) is 22.3 Å². The molecule has 4 rings (SSSR count). The second-order valence-corrected chi connectivity index (χ2v) is 6.01. The highest BCUT2D eigenvalue weighted by molar-refractivity contribution is 5.85. The Balaban J connectivity index is 0.00000104. The van der Waals surface area contributed by atoms with E-state index in [2.05, 4.69) is 50.3 Å². The first-order valence-corrected chi connectivity index (χ1v) is 7.97. The number of imidazole rings is 1. The minimum Gasteiger partial charge on any atom is -0.331 e. The molecule has 1 aromatic carbocycles. The third kappa shape index (κ3) is 3.89. The number of benzene rings is 1. The molecule has 0 saturated carbocycles. The summed E-state index contributed by atoms with van der Waals surface area (Å²) in [6.07, 6.45) is 8.34. The van der Waals surface area contributed by atoms with Crippen LogP contribution in [0.15, 0.2) is 48.9 Å². The monoisotopic (exact) mass is 364 g/mol. The van der Waals surface area contributed by atoms with Crippen molar-refractivity contribution in [3.8, 4) is 11.4 Å². The summed E-state index contributed by atoms with van der Waals surface area (Å²) in [5, 5.41) is 4.59. The Kier molecular flexibility index (Phi) is 6.60. The van der Waals surface area contributed by atoms with Crippen LogP contribution >= 0.6 is 24.8 Å². The minimum atomic E-state index is 0. The second kappa shape index (κ2) is 8.47. The van der Waals surface area contributed by atoms with Gasteiger partial charge in [-0.2, -0.15) is 0 Å². The van der Waals surface area contributed by atoms with Gasteiger partial charge in [-0.3, -0.25) is 4.98 Å². The molecule has 0 radical (unpaired) electrons. The van der Waals surface area contributed by atoms with Crippen molar-refractivity contribution in [3.05, 3.63) is 48.9 Å². The van der Waals surface area contributed by atoms with Gasteiger partial charge in [-0.25, -0.2) is 4.98 Å². The summed E-state index contributed by atoms with van der Waals surface area (Å²) in [6, 6.07) is 10.5. The molecule has 4 nitrogen and oxygen atoms in total. The van der Waals surface area contributed by atoms with E-state index < -0.39 is 0 Å². The lowest BCUT2D eigenvalue weighted by atomic mass is 9.98. The molecule has 1 fully saturated rings. The SMILES string of the molecule is Cl.Cl.c1cnc2ccc(-c3nccn3CC3CCNCC3)cc2c1. The van der Waals surface area contributed by atoms with Crippen molar-refractivity contribution in [2.75, 3.05) is 13.1 Å². The number of hydrogen-bond acceptors (Lipinski definition) is 3. The standard InChI is InChI=1S/C18H20N4.2ClH/c1-2-15-12-16(3-4-17(15)20-7-1)18-21-10-11-22(18)13-14-5-8-19-9-6-14;;/h1-4,7,10-12,14,19H,5-6,8-9,13H2;2*1H. The maximum Gasteiger partial charge on any atom is 0.139 e. The van der Waals surface area contributed by atoms with E-state index in [9.17, 15) is 0 Å². The van der Waals surface area contributed by atoms with Crippen molar-refractivity contribution in [2.45, 2.75) is 19.4 Å². The Morgan fingerprint density at radius 1 is 1.04 bits per heavy atom. The zero-order valence-electron chi connectivity index (χ0n) is 13.4. The number of fused-ring (bicyclic) bond motifs is 1. The van der Waals surface area contributed by atoms with E-state index in [0.29, 0.717) is 0 Å². The topological polar surface area (TPSA) is 42.7 Å². The molecule has 1 N–H and O–H groups in total. The highest BCUT2D eigenvalue weighted by Gasteiger charge is 2.15. The molecule has 6 heteroatoms. The smallest absolute Gasteiger partial charge is 0.139 e. The normalized spacial score (nSPS) is 14.8. The predicted octanol–water partition coefficient (Wildman–Crippen LogP) is 3.94. The van der Waals surface area contributed by atoms with Crippen LogP contribution < -0.4 is 5.32 Å². The molecule has 2 aromatic heterocycles. The van der Waals surface area contributed by atoms with E-state index in [4.69, 9.17) is 0 Å². The van der Waals surface area contributed by atoms with Crippen LogP contribution in [-0.2, 0) is 6.54 Å². The number of nitrogens with zero attached hydrogens (tertiary/aromatic N) is 3. The van der Waals surface area contributed by atoms with Gasteiger partial charge in [-0.1, -0.05) is 6.07 Å². The molecule has 128 valence electrons. The summed E-state index contributed by atoms with van der Waals surface area (Å²) >= 11 is 0. The fraction of sp³-hybridized carbons (Fsp3) is 0.333. The molecule has 24 heavy (non-hydrogen) atoms. The molecular formula is C18H22Cl2N4. The number of pyridine rings is 1. The first kappa shape index (κ1) is 18.7. The third-order valence-electron chi connectivity index (χ3n) is 4.49. The molecule has 3 aromatic rings. The van der Waals surface area contributed by atoms with Crippen LogP contribution in [0.1, 0.15) is 12.8 Å². The third-order valence-corrected chi connectivity index (χ3v) is 4.49. The molecule has 0 aliphatic carbocycles. The van der Waals surface area contributed by atoms with Gasteiger partial charge in [0.25, 0.3) is 0 Å². The van der Waals surface area contributed by atoms with Crippen molar-refractivity contribution in [3.63, 3.8) is 0 Å². The predicted molar refractivity (Wildman–Crippen MR) is 103 cm³/mol. The molecule has 0 amide bonds. The number of aromatic nitrogens is 3. The highest BCUT2D eigenvalue weighted by atomic mass is 35.5. The fourth-order valence-electron chi connectivity index (χ4n) is 3.27. The zero-order chi connectivity index (χ0) is 14.8. The molecule has 0 spiro atoms. The largest absolute Gasteiger partial charge is 0.331 e. The maximum atomic E-state index is 4.59.